The molecule has 11 heteroatoms. The van der Waals surface area contributed by atoms with Crippen molar-refractivity contribution in [2.24, 2.45) is 7.05 Å². The highest BCUT2D eigenvalue weighted by Crippen LogP contribution is 2.28. The van der Waals surface area contributed by atoms with Crippen LogP contribution in [-0.4, -0.2) is 20.7 Å². The third kappa shape index (κ3) is 3.85. The number of hydrogen-bond acceptors (Lipinski definition) is 4. The molecule has 0 aliphatic heterocycles. The van der Waals surface area contributed by atoms with E-state index in [0.717, 1.165) is 15.2 Å². The van der Waals surface area contributed by atoms with Crippen LogP contribution in [0.2, 0.25) is 10.0 Å². The first kappa shape index (κ1) is 20.2. The predicted octanol–water partition coefficient (Wildman–Crippen LogP) is 3.50. The van der Waals surface area contributed by atoms with E-state index in [0.29, 0.717) is 16.8 Å². The van der Waals surface area contributed by atoms with Gasteiger partial charge in [0.15, 0.2) is 0 Å². The van der Waals surface area contributed by atoms with E-state index in [9.17, 15) is 22.8 Å². The molecule has 0 saturated carbocycles. The normalized spacial score (nSPS) is 11.8. The van der Waals surface area contributed by atoms with Crippen LogP contribution < -0.4 is 16.0 Å². The maximum Gasteiger partial charge on any atom is 0.433 e. The number of fused-ring (bicyclic) bond motifs is 1. The minimum atomic E-state index is -4.69. The minimum Gasteiger partial charge on any atom is -0.490 e. The third-order valence-electron chi connectivity index (χ3n) is 3.94. The minimum absolute atomic E-state index is 0.0733. The molecule has 0 unspecified atom stereocenters. The van der Waals surface area contributed by atoms with Crippen molar-refractivity contribution < 1.29 is 17.9 Å². The zero-order valence-corrected chi connectivity index (χ0v) is 15.8. The SMILES string of the molecule is Cn1c(=O)n(CCOc2ccc(Cl)cc2Cl)c(=O)c2ccc(C(F)(F)F)nc21. The number of rotatable bonds is 4. The van der Waals surface area contributed by atoms with Crippen LogP contribution in [0.3, 0.4) is 0 Å². The number of nitrogens with zero attached hydrogens (tertiary/aromatic N) is 3. The van der Waals surface area contributed by atoms with Gasteiger partial charge in [-0.25, -0.2) is 9.78 Å². The summed E-state index contributed by atoms with van der Waals surface area (Å²) in [6.07, 6.45) is -4.69. The quantitative estimate of drug-likeness (QED) is 0.631. The predicted molar refractivity (Wildman–Crippen MR) is 98.2 cm³/mol. The summed E-state index contributed by atoms with van der Waals surface area (Å²) < 4.78 is 45.7. The highest BCUT2D eigenvalue weighted by molar-refractivity contribution is 6.35. The number of pyridine rings is 1. The summed E-state index contributed by atoms with van der Waals surface area (Å²) in [5.74, 6) is 0.313. The highest BCUT2D eigenvalue weighted by atomic mass is 35.5. The highest BCUT2D eigenvalue weighted by Gasteiger charge is 2.33. The van der Waals surface area contributed by atoms with E-state index in [4.69, 9.17) is 27.9 Å². The first-order chi connectivity index (χ1) is 13.1. The van der Waals surface area contributed by atoms with Gasteiger partial charge >= 0.3 is 11.9 Å². The van der Waals surface area contributed by atoms with E-state index in [2.05, 4.69) is 4.98 Å². The Morgan fingerprint density at radius 1 is 1.14 bits per heavy atom. The van der Waals surface area contributed by atoms with Crippen LogP contribution in [0.25, 0.3) is 11.0 Å². The molecule has 0 bridgehead atoms. The fourth-order valence-corrected chi connectivity index (χ4v) is 3.03. The van der Waals surface area contributed by atoms with Gasteiger partial charge in [-0.1, -0.05) is 23.2 Å². The molecule has 0 fully saturated rings. The molecule has 0 spiro atoms. The van der Waals surface area contributed by atoms with E-state index in [1.54, 1.807) is 6.07 Å². The van der Waals surface area contributed by atoms with Crippen molar-refractivity contribution in [1.29, 1.82) is 0 Å². The molecule has 2 heterocycles. The summed E-state index contributed by atoms with van der Waals surface area (Å²) in [7, 11) is 1.24. The molecule has 0 aliphatic rings. The second-order valence-corrected chi connectivity index (χ2v) is 6.63. The van der Waals surface area contributed by atoms with Gasteiger partial charge in [0.05, 0.1) is 17.0 Å². The van der Waals surface area contributed by atoms with Crippen LogP contribution in [0.1, 0.15) is 5.69 Å². The fourth-order valence-electron chi connectivity index (χ4n) is 2.57. The summed E-state index contributed by atoms with van der Waals surface area (Å²) in [5, 5.41) is 0.567. The molecule has 6 nitrogen and oxygen atoms in total. The van der Waals surface area contributed by atoms with Crippen molar-refractivity contribution in [3.05, 3.63) is 66.9 Å². The Hall–Kier alpha value is -2.52. The van der Waals surface area contributed by atoms with Gasteiger partial charge in [0, 0.05) is 12.1 Å². The molecule has 0 N–H and O–H groups in total. The Bertz CT molecular complexity index is 1170. The first-order valence-electron chi connectivity index (χ1n) is 7.85. The Balaban J connectivity index is 1.94. The Labute approximate surface area is 165 Å². The number of hydrogen-bond donors (Lipinski definition) is 0. The second-order valence-electron chi connectivity index (χ2n) is 5.79. The van der Waals surface area contributed by atoms with Crippen LogP contribution in [0.5, 0.6) is 5.75 Å². The zero-order valence-electron chi connectivity index (χ0n) is 14.3. The third-order valence-corrected chi connectivity index (χ3v) is 4.47. The average molecular weight is 434 g/mol. The van der Waals surface area contributed by atoms with Crippen molar-refractivity contribution in [3.63, 3.8) is 0 Å². The van der Waals surface area contributed by atoms with Crippen LogP contribution in [0.4, 0.5) is 13.2 Å². The lowest BCUT2D eigenvalue weighted by Gasteiger charge is -2.13. The molecule has 0 aliphatic carbocycles. The van der Waals surface area contributed by atoms with E-state index in [1.807, 2.05) is 0 Å². The molecule has 2 aromatic heterocycles. The summed E-state index contributed by atoms with van der Waals surface area (Å²) in [4.78, 5) is 28.4. The number of halogens is 5. The van der Waals surface area contributed by atoms with Crippen LogP contribution >= 0.6 is 23.2 Å². The Kier molecular flexibility index (Phi) is 5.40. The smallest absolute Gasteiger partial charge is 0.433 e. The van der Waals surface area contributed by atoms with E-state index in [1.165, 1.54) is 19.2 Å². The maximum atomic E-state index is 12.8. The Morgan fingerprint density at radius 2 is 1.86 bits per heavy atom. The number of aryl methyl sites for hydroxylation is 1. The Morgan fingerprint density at radius 3 is 2.50 bits per heavy atom. The van der Waals surface area contributed by atoms with Crippen molar-refractivity contribution in [1.82, 2.24) is 14.1 Å². The number of aromatic nitrogens is 3. The number of ether oxygens (including phenoxy) is 1. The molecule has 3 rings (SSSR count). The van der Waals surface area contributed by atoms with Crippen LogP contribution in [0, 0.1) is 0 Å². The lowest BCUT2D eigenvalue weighted by molar-refractivity contribution is -0.141. The van der Waals surface area contributed by atoms with Crippen molar-refractivity contribution >= 4 is 34.2 Å². The van der Waals surface area contributed by atoms with Gasteiger partial charge in [0.2, 0.25) is 0 Å². The lowest BCUT2D eigenvalue weighted by Crippen LogP contribution is -2.40. The van der Waals surface area contributed by atoms with E-state index >= 15 is 0 Å². The average Bonchev–Trinajstić information content (AvgIpc) is 2.63. The zero-order chi connectivity index (χ0) is 20.6. The molecule has 0 amide bonds. The fraction of sp³-hybridized carbons (Fsp3) is 0.235. The van der Waals surface area contributed by atoms with Gasteiger partial charge in [-0.2, -0.15) is 13.2 Å². The molecule has 148 valence electrons. The summed E-state index contributed by atoms with van der Waals surface area (Å²) in [5.41, 5.74) is -3.10. The molecule has 0 saturated heterocycles. The molecular formula is C17H12Cl2F3N3O3. The molecular weight excluding hydrogens is 422 g/mol. The van der Waals surface area contributed by atoms with Gasteiger partial charge in [0.1, 0.15) is 23.7 Å². The maximum absolute atomic E-state index is 12.8. The molecule has 28 heavy (non-hydrogen) atoms. The molecule has 0 atom stereocenters. The second kappa shape index (κ2) is 7.48. The van der Waals surface area contributed by atoms with Crippen LogP contribution in [-0.2, 0) is 19.8 Å². The monoisotopic (exact) mass is 433 g/mol. The topological polar surface area (TPSA) is 66.1 Å². The standard InChI is InChI=1S/C17H12Cl2F3N3O3/c1-24-14-10(3-5-13(23-14)17(20,21)22)15(26)25(16(24)27)6-7-28-12-4-2-9(18)8-11(12)19/h2-5,8H,6-7H2,1H3. The van der Waals surface area contributed by atoms with Crippen molar-refractivity contribution in [2.75, 3.05) is 6.61 Å². The van der Waals surface area contributed by atoms with Crippen molar-refractivity contribution in [3.8, 4) is 5.75 Å². The van der Waals surface area contributed by atoms with Gasteiger partial charge in [0.25, 0.3) is 5.56 Å². The largest absolute Gasteiger partial charge is 0.490 e. The van der Waals surface area contributed by atoms with Gasteiger partial charge in [-0.3, -0.25) is 13.9 Å². The van der Waals surface area contributed by atoms with Crippen LogP contribution in [0.15, 0.2) is 39.9 Å². The van der Waals surface area contributed by atoms with Gasteiger partial charge in [-0.05, 0) is 30.3 Å². The summed E-state index contributed by atoms with van der Waals surface area (Å²) >= 11 is 11.8. The number of alkyl halides is 3. The number of benzene rings is 1. The lowest BCUT2D eigenvalue weighted by atomic mass is 10.2. The summed E-state index contributed by atoms with van der Waals surface area (Å²) in [6.45, 7) is -0.211. The van der Waals surface area contributed by atoms with Crippen molar-refractivity contribution in [2.45, 2.75) is 12.7 Å². The molecule has 0 radical (unpaired) electrons. The molecule has 1 aromatic carbocycles. The summed E-state index contributed by atoms with van der Waals surface area (Å²) in [6, 6.07) is 6.27. The van der Waals surface area contributed by atoms with E-state index in [-0.39, 0.29) is 29.2 Å². The van der Waals surface area contributed by atoms with Gasteiger partial charge in [-0.15, -0.1) is 0 Å². The van der Waals surface area contributed by atoms with Gasteiger partial charge < -0.3 is 4.74 Å². The van der Waals surface area contributed by atoms with E-state index < -0.39 is 23.1 Å². The molecule has 3 aromatic rings. The first-order valence-corrected chi connectivity index (χ1v) is 8.61.